The molecule has 0 saturated carbocycles. The van der Waals surface area contributed by atoms with Crippen LogP contribution in [0.5, 0.6) is 0 Å². The van der Waals surface area contributed by atoms with Crippen molar-refractivity contribution in [1.82, 2.24) is 24.9 Å². The number of rotatable bonds is 4. The number of nitriles is 1. The van der Waals surface area contributed by atoms with Gasteiger partial charge in [0.1, 0.15) is 29.3 Å². The van der Waals surface area contributed by atoms with Crippen LogP contribution in [0.3, 0.4) is 0 Å². The van der Waals surface area contributed by atoms with Crippen LogP contribution in [-0.2, 0) is 0 Å². The number of imidazole rings is 1. The summed E-state index contributed by atoms with van der Waals surface area (Å²) >= 11 is 12.7. The molecule has 0 aliphatic rings. The average Bonchev–Trinajstić information content (AvgIpc) is 3.12. The molecule has 144 valence electrons. The van der Waals surface area contributed by atoms with Crippen LogP contribution in [0.25, 0.3) is 22.4 Å². The third kappa shape index (κ3) is 3.66. The molecular weight excluding hydrogens is 411 g/mol. The Morgan fingerprint density at radius 2 is 1.86 bits per heavy atom. The van der Waals surface area contributed by atoms with Crippen molar-refractivity contribution < 1.29 is 0 Å². The molecule has 4 rings (SSSR count). The van der Waals surface area contributed by atoms with E-state index in [4.69, 9.17) is 28.5 Å². The van der Waals surface area contributed by atoms with E-state index in [0.717, 1.165) is 5.82 Å². The van der Waals surface area contributed by atoms with E-state index in [1.807, 2.05) is 31.1 Å². The molecule has 0 aliphatic carbocycles. The molecule has 10 heteroatoms. The van der Waals surface area contributed by atoms with Crippen LogP contribution < -0.4 is 10.2 Å². The van der Waals surface area contributed by atoms with E-state index >= 15 is 0 Å². The normalized spacial score (nSPS) is 10.7. The van der Waals surface area contributed by atoms with Gasteiger partial charge in [-0.15, -0.1) is 0 Å². The van der Waals surface area contributed by atoms with Gasteiger partial charge < -0.3 is 15.2 Å². The molecule has 3 heterocycles. The number of aromatic nitrogens is 5. The van der Waals surface area contributed by atoms with E-state index in [2.05, 4.69) is 30.2 Å². The topological polar surface area (TPSA) is 106 Å². The number of nitrogens with one attached hydrogen (secondary N) is 2. The lowest BCUT2D eigenvalue weighted by Crippen LogP contribution is -2.11. The maximum absolute atomic E-state index is 9.07. The van der Waals surface area contributed by atoms with Crippen LogP contribution in [0.15, 0.2) is 36.8 Å². The first-order valence-electron chi connectivity index (χ1n) is 8.47. The highest BCUT2D eigenvalue weighted by molar-refractivity contribution is 6.39. The lowest BCUT2D eigenvalue weighted by atomic mass is 10.1. The van der Waals surface area contributed by atoms with E-state index in [0.29, 0.717) is 49.7 Å². The molecule has 0 unspecified atom stereocenters. The number of hydrogen-bond acceptors (Lipinski definition) is 7. The van der Waals surface area contributed by atoms with Crippen LogP contribution in [0, 0.1) is 11.3 Å². The van der Waals surface area contributed by atoms with Crippen molar-refractivity contribution in [3.05, 3.63) is 52.4 Å². The number of pyridine rings is 1. The van der Waals surface area contributed by atoms with Gasteiger partial charge in [-0.2, -0.15) is 5.26 Å². The summed E-state index contributed by atoms with van der Waals surface area (Å²) in [7, 11) is 3.80. The molecule has 0 saturated heterocycles. The highest BCUT2D eigenvalue weighted by atomic mass is 35.5. The molecule has 0 aliphatic heterocycles. The lowest BCUT2D eigenvalue weighted by Gasteiger charge is -2.12. The fourth-order valence-corrected chi connectivity index (χ4v) is 3.46. The highest BCUT2D eigenvalue weighted by Gasteiger charge is 2.16. The SMILES string of the molecule is CN(C)c1cc(Nc2nccc3nc(-c4c(Cl)cc(C#N)cc4Cl)[nH]c23)ncn1. The Kier molecular flexibility index (Phi) is 4.92. The number of fused-ring (bicyclic) bond motifs is 1. The van der Waals surface area contributed by atoms with Crippen molar-refractivity contribution in [2.75, 3.05) is 24.3 Å². The molecule has 0 spiro atoms. The molecule has 0 atom stereocenters. The molecule has 29 heavy (non-hydrogen) atoms. The first kappa shape index (κ1) is 18.9. The van der Waals surface area contributed by atoms with Gasteiger partial charge in [0.15, 0.2) is 5.82 Å². The minimum Gasteiger partial charge on any atom is -0.363 e. The fourth-order valence-electron chi connectivity index (χ4n) is 2.79. The summed E-state index contributed by atoms with van der Waals surface area (Å²) in [5, 5.41) is 12.9. The van der Waals surface area contributed by atoms with Gasteiger partial charge in [-0.3, -0.25) is 0 Å². The van der Waals surface area contributed by atoms with Crippen LogP contribution in [-0.4, -0.2) is 39.0 Å². The number of nitrogens with zero attached hydrogens (tertiary/aromatic N) is 6. The Morgan fingerprint density at radius 3 is 2.55 bits per heavy atom. The molecule has 0 radical (unpaired) electrons. The molecule has 4 aromatic rings. The maximum Gasteiger partial charge on any atom is 0.157 e. The molecule has 0 amide bonds. The summed E-state index contributed by atoms with van der Waals surface area (Å²) in [5.41, 5.74) is 2.25. The Labute approximate surface area is 176 Å². The molecular formula is C19H14Cl2N8. The van der Waals surface area contributed by atoms with Gasteiger partial charge in [-0.25, -0.2) is 19.9 Å². The van der Waals surface area contributed by atoms with Crippen molar-refractivity contribution >= 4 is 51.7 Å². The number of benzene rings is 1. The molecule has 0 fully saturated rings. The molecule has 1 aromatic carbocycles. The molecule has 3 aromatic heterocycles. The van der Waals surface area contributed by atoms with Crippen LogP contribution in [0.2, 0.25) is 10.0 Å². The van der Waals surface area contributed by atoms with E-state index in [9.17, 15) is 0 Å². The Morgan fingerprint density at radius 1 is 1.10 bits per heavy atom. The van der Waals surface area contributed by atoms with Crippen molar-refractivity contribution in [2.45, 2.75) is 0 Å². The fraction of sp³-hybridized carbons (Fsp3) is 0.105. The number of aromatic amines is 1. The monoisotopic (exact) mass is 424 g/mol. The van der Waals surface area contributed by atoms with E-state index in [1.54, 1.807) is 24.4 Å². The second kappa shape index (κ2) is 7.54. The van der Waals surface area contributed by atoms with Gasteiger partial charge in [0.05, 0.1) is 32.8 Å². The zero-order valence-corrected chi connectivity index (χ0v) is 16.9. The number of H-pyrrole nitrogens is 1. The molecule has 8 nitrogen and oxygen atoms in total. The average molecular weight is 425 g/mol. The largest absolute Gasteiger partial charge is 0.363 e. The third-order valence-corrected chi connectivity index (χ3v) is 4.77. The van der Waals surface area contributed by atoms with Crippen molar-refractivity contribution in [2.24, 2.45) is 0 Å². The van der Waals surface area contributed by atoms with Gasteiger partial charge in [-0.1, -0.05) is 23.2 Å². The predicted molar refractivity (Wildman–Crippen MR) is 114 cm³/mol. The Hall–Kier alpha value is -3.41. The third-order valence-electron chi connectivity index (χ3n) is 4.17. The Balaban J connectivity index is 1.77. The van der Waals surface area contributed by atoms with Crippen LogP contribution >= 0.6 is 23.2 Å². The van der Waals surface area contributed by atoms with Crippen molar-refractivity contribution in [3.63, 3.8) is 0 Å². The maximum atomic E-state index is 9.07. The summed E-state index contributed by atoms with van der Waals surface area (Å²) < 4.78 is 0. The van der Waals surface area contributed by atoms with Gasteiger partial charge in [0.2, 0.25) is 0 Å². The van der Waals surface area contributed by atoms with Gasteiger partial charge in [-0.05, 0) is 18.2 Å². The molecule has 2 N–H and O–H groups in total. The smallest absolute Gasteiger partial charge is 0.157 e. The van der Waals surface area contributed by atoms with E-state index in [-0.39, 0.29) is 0 Å². The zero-order valence-electron chi connectivity index (χ0n) is 15.4. The quantitative estimate of drug-likeness (QED) is 0.499. The predicted octanol–water partition coefficient (Wildman–Crippen LogP) is 4.40. The second-order valence-corrected chi connectivity index (χ2v) is 7.16. The number of halogens is 2. The van der Waals surface area contributed by atoms with Crippen LogP contribution in [0.1, 0.15) is 5.56 Å². The summed E-state index contributed by atoms with van der Waals surface area (Å²) in [6, 6.07) is 8.72. The Bertz CT molecular complexity index is 1240. The molecule has 0 bridgehead atoms. The van der Waals surface area contributed by atoms with Gasteiger partial charge >= 0.3 is 0 Å². The standard InChI is InChI=1S/C19H14Cl2N8/c1-29(2)15-7-14(24-9-25-15)27-19-17-13(3-4-23-19)26-18(28-17)16-11(20)5-10(8-22)6-12(16)21/h3-7,9H,1-2H3,(H,26,28)(H,23,24,25,27). The summed E-state index contributed by atoms with van der Waals surface area (Å²) in [6.07, 6.45) is 3.12. The number of hydrogen-bond donors (Lipinski definition) is 2. The number of anilines is 3. The summed E-state index contributed by atoms with van der Waals surface area (Å²) in [6.45, 7) is 0. The zero-order chi connectivity index (χ0) is 20.5. The summed E-state index contributed by atoms with van der Waals surface area (Å²) in [4.78, 5) is 22.5. The van der Waals surface area contributed by atoms with E-state index < -0.39 is 0 Å². The first-order chi connectivity index (χ1) is 14.0. The van der Waals surface area contributed by atoms with Crippen molar-refractivity contribution in [1.29, 1.82) is 5.26 Å². The van der Waals surface area contributed by atoms with E-state index in [1.165, 1.54) is 6.33 Å². The first-order valence-corrected chi connectivity index (χ1v) is 9.22. The van der Waals surface area contributed by atoms with Gasteiger partial charge in [0.25, 0.3) is 0 Å². The highest BCUT2D eigenvalue weighted by Crippen LogP contribution is 2.36. The van der Waals surface area contributed by atoms with Crippen LogP contribution in [0.4, 0.5) is 17.5 Å². The second-order valence-electron chi connectivity index (χ2n) is 6.35. The van der Waals surface area contributed by atoms with Gasteiger partial charge in [0, 0.05) is 26.4 Å². The lowest BCUT2D eigenvalue weighted by molar-refractivity contribution is 1.04. The van der Waals surface area contributed by atoms with Crippen molar-refractivity contribution in [3.8, 4) is 17.5 Å². The minimum absolute atomic E-state index is 0.335. The summed E-state index contributed by atoms with van der Waals surface area (Å²) in [5.74, 6) is 2.38. The minimum atomic E-state index is 0.335.